The first-order valence-corrected chi connectivity index (χ1v) is 6.81. The number of halogens is 1. The fraction of sp³-hybridized carbons (Fsp3) is 0.500. The van der Waals surface area contributed by atoms with E-state index >= 15 is 0 Å². The summed E-state index contributed by atoms with van der Waals surface area (Å²) in [5.41, 5.74) is 1.22. The molecule has 0 radical (unpaired) electrons. The Labute approximate surface area is 113 Å². The first kappa shape index (κ1) is 13.9. The summed E-state index contributed by atoms with van der Waals surface area (Å²) < 4.78 is 13.3. The third-order valence-corrected chi connectivity index (χ3v) is 3.36. The largest absolute Gasteiger partial charge is 0.299 e. The number of hydrogen-bond donors (Lipinski definition) is 0. The molecule has 0 aromatic heterocycles. The van der Waals surface area contributed by atoms with Crippen LogP contribution in [-0.4, -0.2) is 11.6 Å². The number of Topliss-reactive ketones (excluding diaryl/α,β-unsaturated/α-hetero) is 2. The van der Waals surface area contributed by atoms with E-state index in [1.165, 1.54) is 18.2 Å². The summed E-state index contributed by atoms with van der Waals surface area (Å²) in [5, 5.41) is 0. The van der Waals surface area contributed by atoms with Crippen LogP contribution in [0.5, 0.6) is 0 Å². The van der Waals surface area contributed by atoms with E-state index in [1.807, 2.05) is 13.8 Å². The van der Waals surface area contributed by atoms with Gasteiger partial charge in [0.15, 0.2) is 5.78 Å². The van der Waals surface area contributed by atoms with Gasteiger partial charge < -0.3 is 0 Å². The maximum Gasteiger partial charge on any atom is 0.170 e. The van der Waals surface area contributed by atoms with Gasteiger partial charge in [0.2, 0.25) is 0 Å². The molecule has 1 aromatic rings. The monoisotopic (exact) mass is 262 g/mol. The molecule has 0 spiro atoms. The highest BCUT2D eigenvalue weighted by Crippen LogP contribution is 2.31. The Morgan fingerprint density at radius 2 is 2.00 bits per heavy atom. The Balaban J connectivity index is 2.17. The topological polar surface area (TPSA) is 34.1 Å². The van der Waals surface area contributed by atoms with Crippen molar-refractivity contribution in [2.45, 2.75) is 39.5 Å². The minimum absolute atomic E-state index is 0.0322. The van der Waals surface area contributed by atoms with Crippen molar-refractivity contribution < 1.29 is 14.0 Å². The quantitative estimate of drug-likeness (QED) is 0.580. The first-order valence-electron chi connectivity index (χ1n) is 6.81. The van der Waals surface area contributed by atoms with Gasteiger partial charge in [-0.15, -0.1) is 0 Å². The summed E-state index contributed by atoms with van der Waals surface area (Å²) in [6.45, 7) is 4.04. The second-order valence-electron chi connectivity index (χ2n) is 5.74. The maximum atomic E-state index is 13.3. The minimum Gasteiger partial charge on any atom is -0.299 e. The van der Waals surface area contributed by atoms with Gasteiger partial charge in [-0.05, 0) is 48.9 Å². The van der Waals surface area contributed by atoms with Crippen molar-refractivity contribution in [1.29, 1.82) is 0 Å². The summed E-state index contributed by atoms with van der Waals surface area (Å²) in [4.78, 5) is 23.9. The van der Waals surface area contributed by atoms with Crippen molar-refractivity contribution in [3.63, 3.8) is 0 Å². The second kappa shape index (κ2) is 5.64. The molecule has 1 aromatic carbocycles. The molecule has 3 heteroatoms. The van der Waals surface area contributed by atoms with Crippen LogP contribution in [-0.2, 0) is 11.2 Å². The Hall–Kier alpha value is -1.51. The highest BCUT2D eigenvalue weighted by Gasteiger charge is 2.31. The lowest BCUT2D eigenvalue weighted by molar-refractivity contribution is -0.119. The zero-order chi connectivity index (χ0) is 14.0. The molecule has 0 N–H and O–H groups in total. The van der Waals surface area contributed by atoms with Crippen LogP contribution in [0.25, 0.3) is 0 Å². The predicted molar refractivity (Wildman–Crippen MR) is 71.6 cm³/mol. The average molecular weight is 262 g/mol. The van der Waals surface area contributed by atoms with Gasteiger partial charge in [-0.25, -0.2) is 4.39 Å². The van der Waals surface area contributed by atoms with E-state index in [2.05, 4.69) is 0 Å². The molecule has 0 saturated heterocycles. The van der Waals surface area contributed by atoms with E-state index in [0.29, 0.717) is 23.5 Å². The van der Waals surface area contributed by atoms with Gasteiger partial charge in [-0.1, -0.05) is 13.8 Å². The predicted octanol–water partition coefficient (Wildman–Crippen LogP) is 3.58. The molecule has 2 rings (SSSR count). The van der Waals surface area contributed by atoms with E-state index in [-0.39, 0.29) is 29.7 Å². The van der Waals surface area contributed by atoms with Gasteiger partial charge in [0.25, 0.3) is 0 Å². The lowest BCUT2D eigenvalue weighted by Gasteiger charge is -2.11. The van der Waals surface area contributed by atoms with Crippen LogP contribution in [0, 0.1) is 17.7 Å². The molecule has 102 valence electrons. The van der Waals surface area contributed by atoms with E-state index in [4.69, 9.17) is 0 Å². The zero-order valence-corrected chi connectivity index (χ0v) is 11.4. The highest BCUT2D eigenvalue weighted by molar-refractivity contribution is 6.09. The van der Waals surface area contributed by atoms with Crippen LogP contribution in [0.2, 0.25) is 0 Å². The molecule has 0 atom stereocenters. The van der Waals surface area contributed by atoms with Crippen molar-refractivity contribution in [2.24, 2.45) is 11.8 Å². The minimum atomic E-state index is -0.333. The third kappa shape index (κ3) is 3.72. The van der Waals surface area contributed by atoms with Gasteiger partial charge in [0, 0.05) is 11.5 Å². The maximum absolute atomic E-state index is 13.3. The molecular formula is C16H19FO2. The fourth-order valence-corrected chi connectivity index (χ4v) is 2.25. The molecule has 0 heterocycles. The summed E-state index contributed by atoms with van der Waals surface area (Å²) in [6.07, 6.45) is 2.43. The summed E-state index contributed by atoms with van der Waals surface area (Å²) in [7, 11) is 0. The molecule has 1 saturated carbocycles. The zero-order valence-electron chi connectivity index (χ0n) is 11.4. The molecule has 1 aliphatic carbocycles. The van der Waals surface area contributed by atoms with Crippen LogP contribution in [0.4, 0.5) is 4.39 Å². The molecule has 1 aliphatic rings. The Morgan fingerprint density at radius 1 is 1.32 bits per heavy atom. The summed E-state index contributed by atoms with van der Waals surface area (Å²) in [6, 6.07) is 4.21. The number of ketones is 2. The van der Waals surface area contributed by atoms with E-state index < -0.39 is 0 Å². The number of hydrogen-bond acceptors (Lipinski definition) is 2. The number of rotatable bonds is 6. The standard InChI is InChI=1S/C16H19FO2/c1-10(2)7-12-8-13(17)5-6-14(12)16(19)9-15(18)11-3-4-11/h5-6,8,10-11H,3-4,7,9H2,1-2H3. The normalized spacial score (nSPS) is 14.7. The Morgan fingerprint density at radius 3 is 2.58 bits per heavy atom. The molecule has 19 heavy (non-hydrogen) atoms. The fourth-order valence-electron chi connectivity index (χ4n) is 2.25. The van der Waals surface area contributed by atoms with Gasteiger partial charge in [0.1, 0.15) is 11.6 Å². The van der Waals surface area contributed by atoms with Crippen molar-refractivity contribution >= 4 is 11.6 Å². The molecule has 1 fully saturated rings. The van der Waals surface area contributed by atoms with Gasteiger partial charge in [-0.2, -0.15) is 0 Å². The lowest BCUT2D eigenvalue weighted by Crippen LogP contribution is -2.12. The van der Waals surface area contributed by atoms with Crippen molar-refractivity contribution in [3.05, 3.63) is 35.1 Å². The van der Waals surface area contributed by atoms with Crippen LogP contribution < -0.4 is 0 Å². The van der Waals surface area contributed by atoms with Crippen LogP contribution in [0.15, 0.2) is 18.2 Å². The molecule has 0 unspecified atom stereocenters. The highest BCUT2D eigenvalue weighted by atomic mass is 19.1. The molecule has 0 amide bonds. The Kier molecular flexibility index (Phi) is 4.13. The number of carbonyl (C=O) groups excluding carboxylic acids is 2. The van der Waals surface area contributed by atoms with E-state index in [9.17, 15) is 14.0 Å². The van der Waals surface area contributed by atoms with Crippen molar-refractivity contribution in [2.75, 3.05) is 0 Å². The molecule has 0 aliphatic heterocycles. The van der Waals surface area contributed by atoms with Gasteiger partial charge >= 0.3 is 0 Å². The van der Waals surface area contributed by atoms with Crippen LogP contribution in [0.3, 0.4) is 0 Å². The lowest BCUT2D eigenvalue weighted by atomic mass is 9.93. The number of carbonyl (C=O) groups is 2. The summed E-state index contributed by atoms with van der Waals surface area (Å²) >= 11 is 0. The molecule has 2 nitrogen and oxygen atoms in total. The molecule has 0 bridgehead atoms. The van der Waals surface area contributed by atoms with E-state index in [1.54, 1.807) is 0 Å². The van der Waals surface area contributed by atoms with Crippen molar-refractivity contribution in [1.82, 2.24) is 0 Å². The third-order valence-electron chi connectivity index (χ3n) is 3.36. The van der Waals surface area contributed by atoms with E-state index in [0.717, 1.165) is 12.8 Å². The van der Waals surface area contributed by atoms with Crippen LogP contribution >= 0.6 is 0 Å². The average Bonchev–Trinajstić information content (AvgIpc) is 3.11. The smallest absolute Gasteiger partial charge is 0.170 e. The molecular weight excluding hydrogens is 243 g/mol. The van der Waals surface area contributed by atoms with Crippen molar-refractivity contribution in [3.8, 4) is 0 Å². The van der Waals surface area contributed by atoms with Gasteiger partial charge in [0.05, 0.1) is 6.42 Å². The first-order chi connectivity index (χ1) is 8.97. The second-order valence-corrected chi connectivity index (χ2v) is 5.74. The van der Waals surface area contributed by atoms with Gasteiger partial charge in [-0.3, -0.25) is 9.59 Å². The SMILES string of the molecule is CC(C)Cc1cc(F)ccc1C(=O)CC(=O)C1CC1. The van der Waals surface area contributed by atoms with Crippen LogP contribution in [0.1, 0.15) is 49.0 Å². The summed E-state index contributed by atoms with van der Waals surface area (Å²) in [5.74, 6) is -0.0384. The number of benzene rings is 1. The Bertz CT molecular complexity index is 501.